The highest BCUT2D eigenvalue weighted by Crippen LogP contribution is 2.27. The molecule has 2 rings (SSSR count). The molecule has 7 nitrogen and oxygen atoms in total. The molecule has 0 unspecified atom stereocenters. The Morgan fingerprint density at radius 2 is 1.80 bits per heavy atom. The van der Waals surface area contributed by atoms with Crippen LogP contribution in [0.25, 0.3) is 0 Å². The Morgan fingerprint density at radius 1 is 1.16 bits per heavy atom. The monoisotopic (exact) mass is 376 g/mol. The molecule has 0 aromatic heterocycles. The SMILES string of the molecule is N#C/C(=C/Nc1ccc(Cl)cc1)C(=O)Nc1ccc(Cl)c([N+](=O)[O-])c1. The Hall–Kier alpha value is -3.08. The van der Waals surface area contributed by atoms with Gasteiger partial charge in [-0.2, -0.15) is 5.26 Å². The van der Waals surface area contributed by atoms with Crippen LogP contribution < -0.4 is 10.6 Å². The maximum Gasteiger partial charge on any atom is 0.289 e. The van der Waals surface area contributed by atoms with Gasteiger partial charge < -0.3 is 10.6 Å². The highest BCUT2D eigenvalue weighted by Gasteiger charge is 2.15. The molecular weight excluding hydrogens is 367 g/mol. The van der Waals surface area contributed by atoms with Crippen LogP contribution in [0.1, 0.15) is 0 Å². The second-order valence-electron chi connectivity index (χ2n) is 4.70. The van der Waals surface area contributed by atoms with E-state index in [1.54, 1.807) is 30.3 Å². The smallest absolute Gasteiger partial charge is 0.289 e. The maximum atomic E-state index is 12.1. The Morgan fingerprint density at radius 3 is 2.40 bits per heavy atom. The van der Waals surface area contributed by atoms with E-state index in [0.29, 0.717) is 10.7 Å². The Balaban J connectivity index is 2.13. The topological polar surface area (TPSA) is 108 Å². The maximum absolute atomic E-state index is 12.1. The van der Waals surface area contributed by atoms with Crippen molar-refractivity contribution in [3.8, 4) is 6.07 Å². The average molecular weight is 377 g/mol. The summed E-state index contributed by atoms with van der Waals surface area (Å²) < 4.78 is 0. The number of hydrogen-bond acceptors (Lipinski definition) is 5. The van der Waals surface area contributed by atoms with Crippen molar-refractivity contribution < 1.29 is 9.72 Å². The number of rotatable bonds is 5. The van der Waals surface area contributed by atoms with Crippen LogP contribution in [0.15, 0.2) is 54.2 Å². The summed E-state index contributed by atoms with van der Waals surface area (Å²) in [5.74, 6) is -0.722. The Bertz CT molecular complexity index is 889. The van der Waals surface area contributed by atoms with E-state index in [1.165, 1.54) is 18.3 Å². The molecule has 25 heavy (non-hydrogen) atoms. The molecule has 2 aromatic carbocycles. The molecule has 0 spiro atoms. The minimum absolute atomic E-state index is 0.0524. The molecule has 0 aliphatic carbocycles. The number of nitrogens with one attached hydrogen (secondary N) is 2. The van der Waals surface area contributed by atoms with Crippen LogP contribution in [-0.2, 0) is 4.79 Å². The number of nitro groups is 1. The van der Waals surface area contributed by atoms with Crippen LogP contribution in [0.5, 0.6) is 0 Å². The van der Waals surface area contributed by atoms with E-state index in [2.05, 4.69) is 10.6 Å². The van der Waals surface area contributed by atoms with Gasteiger partial charge in [0.1, 0.15) is 16.7 Å². The van der Waals surface area contributed by atoms with E-state index in [9.17, 15) is 14.9 Å². The molecule has 0 radical (unpaired) electrons. The van der Waals surface area contributed by atoms with Crippen molar-refractivity contribution in [3.63, 3.8) is 0 Å². The minimum Gasteiger partial charge on any atom is -0.360 e. The fraction of sp³-hybridized carbons (Fsp3) is 0. The van der Waals surface area contributed by atoms with Gasteiger partial charge >= 0.3 is 0 Å². The van der Waals surface area contributed by atoms with Gasteiger partial charge in [-0.3, -0.25) is 14.9 Å². The Labute approximate surface area is 152 Å². The van der Waals surface area contributed by atoms with Crippen molar-refractivity contribution in [3.05, 3.63) is 74.4 Å². The van der Waals surface area contributed by atoms with E-state index in [-0.39, 0.29) is 22.0 Å². The molecule has 2 aromatic rings. The van der Waals surface area contributed by atoms with E-state index in [1.807, 2.05) is 0 Å². The van der Waals surface area contributed by atoms with Crippen molar-refractivity contribution in [2.45, 2.75) is 0 Å². The zero-order valence-electron chi connectivity index (χ0n) is 12.5. The summed E-state index contributed by atoms with van der Waals surface area (Å²) in [5.41, 5.74) is 0.217. The van der Waals surface area contributed by atoms with Crippen LogP contribution in [0.4, 0.5) is 17.1 Å². The predicted octanol–water partition coefficient (Wildman–Crippen LogP) is 4.36. The fourth-order valence-corrected chi connectivity index (χ4v) is 2.09. The van der Waals surface area contributed by atoms with E-state index in [4.69, 9.17) is 28.5 Å². The molecule has 0 aliphatic heterocycles. The highest BCUT2D eigenvalue weighted by molar-refractivity contribution is 6.32. The first kappa shape index (κ1) is 18.3. The first-order valence-electron chi connectivity index (χ1n) is 6.78. The van der Waals surface area contributed by atoms with Crippen molar-refractivity contribution in [1.29, 1.82) is 5.26 Å². The van der Waals surface area contributed by atoms with Gasteiger partial charge in [0.2, 0.25) is 0 Å². The lowest BCUT2D eigenvalue weighted by Gasteiger charge is -2.06. The number of nitrogens with zero attached hydrogens (tertiary/aromatic N) is 2. The van der Waals surface area contributed by atoms with E-state index >= 15 is 0 Å². The van der Waals surface area contributed by atoms with E-state index in [0.717, 1.165) is 6.07 Å². The second kappa shape index (κ2) is 8.15. The van der Waals surface area contributed by atoms with Crippen LogP contribution in [-0.4, -0.2) is 10.8 Å². The van der Waals surface area contributed by atoms with Gasteiger partial charge in [0.15, 0.2) is 0 Å². The molecule has 0 atom stereocenters. The molecule has 1 amide bonds. The Kier molecular flexibility index (Phi) is 5.95. The highest BCUT2D eigenvalue weighted by atomic mass is 35.5. The third-order valence-electron chi connectivity index (χ3n) is 2.99. The summed E-state index contributed by atoms with van der Waals surface area (Å²) in [5, 5.41) is 25.7. The summed E-state index contributed by atoms with van der Waals surface area (Å²) in [6.45, 7) is 0. The van der Waals surface area contributed by atoms with Crippen LogP contribution in [0, 0.1) is 21.4 Å². The predicted molar refractivity (Wildman–Crippen MR) is 95.5 cm³/mol. The quantitative estimate of drug-likeness (QED) is 0.348. The van der Waals surface area contributed by atoms with Gasteiger partial charge in [-0.25, -0.2) is 0 Å². The van der Waals surface area contributed by atoms with Crippen LogP contribution in [0.3, 0.4) is 0 Å². The molecule has 0 bridgehead atoms. The lowest BCUT2D eigenvalue weighted by molar-refractivity contribution is -0.384. The summed E-state index contributed by atoms with van der Waals surface area (Å²) in [7, 11) is 0. The van der Waals surface area contributed by atoms with Crippen molar-refractivity contribution in [1.82, 2.24) is 0 Å². The molecule has 126 valence electrons. The number of amides is 1. The third-order valence-corrected chi connectivity index (χ3v) is 3.56. The zero-order chi connectivity index (χ0) is 18.4. The number of nitro benzene ring substituents is 1. The lowest BCUT2D eigenvalue weighted by Crippen LogP contribution is -2.14. The number of halogens is 2. The summed E-state index contributed by atoms with van der Waals surface area (Å²) in [6, 6.07) is 12.2. The normalized spacial score (nSPS) is 10.7. The summed E-state index contributed by atoms with van der Waals surface area (Å²) in [4.78, 5) is 22.3. The first-order valence-corrected chi connectivity index (χ1v) is 7.54. The van der Waals surface area contributed by atoms with Gasteiger partial charge in [0, 0.05) is 28.7 Å². The number of benzene rings is 2. The molecule has 0 aliphatic rings. The molecule has 9 heteroatoms. The molecule has 2 N–H and O–H groups in total. The van der Waals surface area contributed by atoms with Gasteiger partial charge in [0.25, 0.3) is 11.6 Å². The van der Waals surface area contributed by atoms with Gasteiger partial charge in [-0.1, -0.05) is 23.2 Å². The number of carbonyl (C=O) groups excluding carboxylic acids is 1. The summed E-state index contributed by atoms with van der Waals surface area (Å²) in [6.07, 6.45) is 1.23. The van der Waals surface area contributed by atoms with Gasteiger partial charge in [-0.15, -0.1) is 0 Å². The van der Waals surface area contributed by atoms with Gasteiger partial charge in [-0.05, 0) is 36.4 Å². The van der Waals surface area contributed by atoms with Crippen LogP contribution in [0.2, 0.25) is 10.0 Å². The lowest BCUT2D eigenvalue weighted by atomic mass is 10.2. The molecular formula is C16H10Cl2N4O3. The van der Waals surface area contributed by atoms with Crippen molar-refractivity contribution in [2.24, 2.45) is 0 Å². The largest absolute Gasteiger partial charge is 0.360 e. The first-order chi connectivity index (χ1) is 11.9. The number of hydrogen-bond donors (Lipinski definition) is 2. The number of nitriles is 1. The standard InChI is InChI=1S/C16H10Cl2N4O3/c17-11-1-3-12(4-2-11)20-9-10(8-19)16(23)21-13-5-6-14(18)15(7-13)22(24)25/h1-7,9,20H,(H,21,23)/b10-9-. The van der Waals surface area contributed by atoms with E-state index < -0.39 is 10.8 Å². The molecule has 0 saturated carbocycles. The minimum atomic E-state index is -0.722. The molecule has 0 saturated heterocycles. The summed E-state index contributed by atoms with van der Waals surface area (Å²) >= 11 is 11.5. The van der Waals surface area contributed by atoms with Gasteiger partial charge in [0.05, 0.1) is 4.92 Å². The fourth-order valence-electron chi connectivity index (χ4n) is 1.78. The average Bonchev–Trinajstić information content (AvgIpc) is 2.58. The number of anilines is 2. The second-order valence-corrected chi connectivity index (χ2v) is 5.54. The molecule has 0 fully saturated rings. The van der Waals surface area contributed by atoms with Crippen molar-refractivity contribution in [2.75, 3.05) is 10.6 Å². The third kappa shape index (κ3) is 4.94. The van der Waals surface area contributed by atoms with Crippen molar-refractivity contribution >= 4 is 46.2 Å². The molecule has 0 heterocycles. The zero-order valence-corrected chi connectivity index (χ0v) is 14.0. The van der Waals surface area contributed by atoms with Crippen LogP contribution >= 0.6 is 23.2 Å². The number of carbonyl (C=O) groups is 1.